The first kappa shape index (κ1) is 15.4. The molecule has 0 fully saturated rings. The second-order valence-corrected chi connectivity index (χ2v) is 14.5. The van der Waals surface area contributed by atoms with Crippen molar-refractivity contribution in [3.63, 3.8) is 0 Å². The van der Waals surface area contributed by atoms with Gasteiger partial charge in [0.15, 0.2) is 16.6 Å². The number of rotatable bonds is 6. The van der Waals surface area contributed by atoms with Gasteiger partial charge in [-0.1, -0.05) is 43.0 Å². The summed E-state index contributed by atoms with van der Waals surface area (Å²) in [6.07, 6.45) is 0. The van der Waals surface area contributed by atoms with Gasteiger partial charge in [-0.3, -0.25) is 0 Å². The van der Waals surface area contributed by atoms with Gasteiger partial charge in [0, 0.05) is 0 Å². The maximum Gasteiger partial charge on any atom is 0.197 e. The Morgan fingerprint density at radius 3 is 2.22 bits per heavy atom. The molecule has 0 saturated carbocycles. The van der Waals surface area contributed by atoms with Gasteiger partial charge >= 0.3 is 0 Å². The van der Waals surface area contributed by atoms with Gasteiger partial charge < -0.3 is 4.12 Å². The lowest BCUT2D eigenvalue weighted by atomic mass is 10.0. The maximum atomic E-state index is 6.43. The Labute approximate surface area is 114 Å². The Hall–Kier alpha value is -0.646. The van der Waals surface area contributed by atoms with Gasteiger partial charge in [0.05, 0.1) is 0 Å². The van der Waals surface area contributed by atoms with Crippen molar-refractivity contribution in [2.75, 3.05) is 0 Å². The van der Waals surface area contributed by atoms with Crippen LogP contribution in [-0.2, 0) is 4.12 Å². The zero-order valence-corrected chi connectivity index (χ0v) is 14.4. The van der Waals surface area contributed by atoms with Crippen molar-refractivity contribution in [1.29, 1.82) is 0 Å². The van der Waals surface area contributed by atoms with E-state index in [9.17, 15) is 0 Å². The third kappa shape index (κ3) is 4.92. The van der Waals surface area contributed by atoms with Crippen LogP contribution in [0.25, 0.3) is 0 Å². The minimum atomic E-state index is -1.65. The molecule has 0 aliphatic heterocycles. The summed E-state index contributed by atoms with van der Waals surface area (Å²) in [5, 5.41) is 0. The van der Waals surface area contributed by atoms with E-state index < -0.39 is 16.6 Å². The fraction of sp³-hybridized carbons (Fsp3) is 0.467. The van der Waals surface area contributed by atoms with E-state index in [4.69, 9.17) is 4.12 Å². The third-order valence-electron chi connectivity index (χ3n) is 3.20. The van der Waals surface area contributed by atoms with Crippen LogP contribution in [0.5, 0.6) is 0 Å². The van der Waals surface area contributed by atoms with E-state index in [0.717, 1.165) is 0 Å². The highest BCUT2D eigenvalue weighted by Gasteiger charge is 2.32. The van der Waals surface area contributed by atoms with Crippen LogP contribution < -0.4 is 0 Å². The highest BCUT2D eigenvalue weighted by atomic mass is 28.4. The summed E-state index contributed by atoms with van der Waals surface area (Å²) in [6, 6.07) is 11.9. The van der Waals surface area contributed by atoms with Crippen molar-refractivity contribution >= 4 is 16.6 Å². The Morgan fingerprint density at radius 2 is 1.72 bits per heavy atom. The zero-order chi connectivity index (χ0) is 13.8. The van der Waals surface area contributed by atoms with Crippen LogP contribution in [0, 0.1) is 0 Å². The van der Waals surface area contributed by atoms with Crippen molar-refractivity contribution in [1.82, 2.24) is 0 Å². The molecule has 1 aromatic carbocycles. The van der Waals surface area contributed by atoms with Gasteiger partial charge in [-0.2, -0.15) is 0 Å². The van der Waals surface area contributed by atoms with Gasteiger partial charge in [0.1, 0.15) is 0 Å². The van der Waals surface area contributed by atoms with E-state index in [0.29, 0.717) is 5.92 Å². The monoisotopic (exact) mass is 278 g/mol. The molecule has 0 aliphatic rings. The minimum absolute atomic E-state index is 0.572. The predicted octanol–water partition coefficient (Wildman–Crippen LogP) is 4.94. The van der Waals surface area contributed by atoms with Crippen molar-refractivity contribution < 1.29 is 4.12 Å². The Morgan fingerprint density at radius 1 is 1.17 bits per heavy atom. The van der Waals surface area contributed by atoms with Crippen molar-refractivity contribution in [2.24, 2.45) is 0 Å². The molecule has 18 heavy (non-hydrogen) atoms. The summed E-state index contributed by atoms with van der Waals surface area (Å²) in [4.78, 5) is 0. The molecule has 0 heterocycles. The van der Waals surface area contributed by atoms with Crippen molar-refractivity contribution in [2.45, 2.75) is 45.1 Å². The molecule has 0 spiro atoms. The standard InChI is InChI=1S/C15H26OSi2/c1-7-17(3,4)16-18(5,6)13-14(2)15-11-9-8-10-12-15/h7-12,14H,1,13H2,2-6H3. The van der Waals surface area contributed by atoms with Crippen LogP contribution in [0.2, 0.25) is 32.2 Å². The average Bonchev–Trinajstić information content (AvgIpc) is 2.28. The van der Waals surface area contributed by atoms with E-state index >= 15 is 0 Å². The molecule has 0 aliphatic carbocycles. The van der Waals surface area contributed by atoms with E-state index in [2.05, 4.69) is 70.0 Å². The number of benzene rings is 1. The topological polar surface area (TPSA) is 9.23 Å². The normalized spacial score (nSPS) is 14.3. The largest absolute Gasteiger partial charge is 0.453 e. The number of hydrogen-bond acceptors (Lipinski definition) is 1. The average molecular weight is 279 g/mol. The lowest BCUT2D eigenvalue weighted by molar-refractivity contribution is 0.544. The van der Waals surface area contributed by atoms with E-state index in [-0.39, 0.29) is 0 Å². The van der Waals surface area contributed by atoms with Crippen molar-refractivity contribution in [3.8, 4) is 0 Å². The second-order valence-electron chi connectivity index (χ2n) is 6.19. The quantitative estimate of drug-likeness (QED) is 0.670. The fourth-order valence-electron chi connectivity index (χ4n) is 2.43. The van der Waals surface area contributed by atoms with Crippen LogP contribution in [0.3, 0.4) is 0 Å². The summed E-state index contributed by atoms with van der Waals surface area (Å²) in [6.45, 7) is 15.3. The Balaban J connectivity index is 2.68. The van der Waals surface area contributed by atoms with Gasteiger partial charge in [-0.25, -0.2) is 0 Å². The molecule has 3 heteroatoms. The lowest BCUT2D eigenvalue weighted by Crippen LogP contribution is -2.43. The van der Waals surface area contributed by atoms with Crippen LogP contribution in [-0.4, -0.2) is 16.6 Å². The Kier molecular flexibility index (Phi) is 5.13. The second kappa shape index (κ2) is 6.00. The van der Waals surface area contributed by atoms with E-state index in [1.54, 1.807) is 0 Å². The van der Waals surface area contributed by atoms with E-state index in [1.165, 1.54) is 11.6 Å². The first-order valence-electron chi connectivity index (χ1n) is 6.64. The number of hydrogen-bond donors (Lipinski definition) is 0. The highest BCUT2D eigenvalue weighted by Crippen LogP contribution is 2.28. The van der Waals surface area contributed by atoms with Crippen molar-refractivity contribution in [3.05, 3.63) is 48.2 Å². The first-order valence-corrected chi connectivity index (χ1v) is 12.7. The van der Waals surface area contributed by atoms with Gasteiger partial charge in [-0.05, 0) is 43.7 Å². The molecule has 100 valence electrons. The molecule has 0 N–H and O–H groups in total. The van der Waals surface area contributed by atoms with Crippen LogP contribution in [0.4, 0.5) is 0 Å². The third-order valence-corrected chi connectivity index (χ3v) is 10.1. The Bertz CT molecular complexity index is 385. The molecule has 0 bridgehead atoms. The van der Waals surface area contributed by atoms with Crippen LogP contribution >= 0.6 is 0 Å². The molecule has 1 aromatic rings. The maximum absolute atomic E-state index is 6.43. The van der Waals surface area contributed by atoms with Crippen LogP contribution in [0.1, 0.15) is 18.4 Å². The smallest absolute Gasteiger partial charge is 0.197 e. The lowest BCUT2D eigenvalue weighted by Gasteiger charge is -2.33. The molecule has 1 nitrogen and oxygen atoms in total. The summed E-state index contributed by atoms with van der Waals surface area (Å²) >= 11 is 0. The molecular weight excluding hydrogens is 252 g/mol. The summed E-state index contributed by atoms with van der Waals surface area (Å²) < 4.78 is 6.43. The van der Waals surface area contributed by atoms with Gasteiger partial charge in [-0.15, -0.1) is 6.58 Å². The molecule has 1 rings (SSSR count). The molecule has 0 amide bonds. The van der Waals surface area contributed by atoms with Gasteiger partial charge in [0.2, 0.25) is 0 Å². The molecule has 0 aromatic heterocycles. The summed E-state index contributed by atoms with van der Waals surface area (Å²) in [5.41, 5.74) is 3.45. The first-order chi connectivity index (χ1) is 8.26. The molecular formula is C15H26OSi2. The predicted molar refractivity (Wildman–Crippen MR) is 85.9 cm³/mol. The SMILES string of the molecule is C=C[Si](C)(C)O[Si](C)(C)CC(C)c1ccccc1. The van der Waals surface area contributed by atoms with Gasteiger partial charge in [0.25, 0.3) is 0 Å². The molecule has 1 atom stereocenters. The van der Waals surface area contributed by atoms with E-state index in [1.807, 2.05) is 5.70 Å². The summed E-state index contributed by atoms with van der Waals surface area (Å²) in [5.74, 6) is 0.572. The molecule has 0 radical (unpaired) electrons. The fourth-order valence-corrected chi connectivity index (χ4v) is 10.5. The molecule has 1 unspecified atom stereocenters. The zero-order valence-electron chi connectivity index (χ0n) is 12.4. The minimum Gasteiger partial charge on any atom is -0.453 e. The highest BCUT2D eigenvalue weighted by molar-refractivity contribution is 6.87. The summed E-state index contributed by atoms with van der Waals surface area (Å²) in [7, 11) is -3.27. The van der Waals surface area contributed by atoms with Crippen LogP contribution in [0.15, 0.2) is 42.6 Å². The molecule has 0 saturated heterocycles.